The summed E-state index contributed by atoms with van der Waals surface area (Å²) in [7, 11) is 0. The first kappa shape index (κ1) is 7.28. The average Bonchev–Trinajstić information content (AvgIpc) is 2.58. The number of aliphatic imine (C=N–C) groups is 1. The van der Waals surface area contributed by atoms with Gasteiger partial charge in [0, 0.05) is 25.0 Å². The quantitative estimate of drug-likeness (QED) is 0.571. The van der Waals surface area contributed by atoms with Crippen molar-refractivity contribution in [3.63, 3.8) is 0 Å². The van der Waals surface area contributed by atoms with Crippen molar-refractivity contribution < 1.29 is 0 Å². The van der Waals surface area contributed by atoms with Crippen LogP contribution in [0.3, 0.4) is 0 Å². The fourth-order valence-electron chi connectivity index (χ4n) is 1.23. The molecule has 0 fully saturated rings. The van der Waals surface area contributed by atoms with Gasteiger partial charge in [0.15, 0.2) is 0 Å². The standard InChI is InChI=1S/C9H11N3/c1-8-2-3-9(11-6-8)12-5-4-10-7-12/h4-7H,2-3H2,1H3. The lowest BCUT2D eigenvalue weighted by molar-refractivity contribution is 0.921. The van der Waals surface area contributed by atoms with E-state index in [0.29, 0.717) is 0 Å². The van der Waals surface area contributed by atoms with Crippen LogP contribution in [0.25, 0.3) is 0 Å². The first-order chi connectivity index (χ1) is 5.86. The van der Waals surface area contributed by atoms with Gasteiger partial charge in [0.1, 0.15) is 12.2 Å². The second-order valence-corrected chi connectivity index (χ2v) is 2.99. The van der Waals surface area contributed by atoms with Gasteiger partial charge < -0.3 is 0 Å². The highest BCUT2D eigenvalue weighted by Gasteiger charge is 2.05. The molecule has 1 aliphatic heterocycles. The Kier molecular flexibility index (Phi) is 1.78. The predicted molar refractivity (Wildman–Crippen MR) is 48.1 cm³/mol. The Morgan fingerprint density at radius 3 is 2.92 bits per heavy atom. The summed E-state index contributed by atoms with van der Waals surface area (Å²) >= 11 is 0. The van der Waals surface area contributed by atoms with Crippen molar-refractivity contribution in [1.82, 2.24) is 9.55 Å². The zero-order valence-electron chi connectivity index (χ0n) is 7.07. The third-order valence-electron chi connectivity index (χ3n) is 1.98. The van der Waals surface area contributed by atoms with Crippen molar-refractivity contribution in [3.8, 4) is 0 Å². The van der Waals surface area contributed by atoms with Crippen LogP contribution in [-0.2, 0) is 0 Å². The number of imidazole rings is 1. The molecule has 0 saturated heterocycles. The highest BCUT2D eigenvalue weighted by molar-refractivity contribution is 5.85. The van der Waals surface area contributed by atoms with Crippen LogP contribution < -0.4 is 0 Å². The van der Waals surface area contributed by atoms with Crippen molar-refractivity contribution in [3.05, 3.63) is 30.5 Å². The first-order valence-corrected chi connectivity index (χ1v) is 4.07. The maximum atomic E-state index is 4.33. The van der Waals surface area contributed by atoms with Crippen LogP contribution in [0, 0.1) is 0 Å². The summed E-state index contributed by atoms with van der Waals surface area (Å²) in [6.45, 7) is 2.11. The van der Waals surface area contributed by atoms with Crippen LogP contribution in [-0.4, -0.2) is 15.4 Å². The van der Waals surface area contributed by atoms with Crippen LogP contribution in [0.5, 0.6) is 0 Å². The summed E-state index contributed by atoms with van der Waals surface area (Å²) in [5.41, 5.74) is 1.35. The van der Waals surface area contributed by atoms with Crippen molar-refractivity contribution in [2.45, 2.75) is 19.8 Å². The van der Waals surface area contributed by atoms with E-state index in [1.54, 1.807) is 12.5 Å². The van der Waals surface area contributed by atoms with Crippen LogP contribution in [0.4, 0.5) is 0 Å². The molecule has 1 aliphatic rings. The lowest BCUT2D eigenvalue weighted by Gasteiger charge is -2.10. The van der Waals surface area contributed by atoms with Gasteiger partial charge in [0.05, 0.1) is 0 Å². The van der Waals surface area contributed by atoms with E-state index in [4.69, 9.17) is 0 Å². The summed E-state index contributed by atoms with van der Waals surface area (Å²) < 4.78 is 1.96. The van der Waals surface area contributed by atoms with E-state index in [2.05, 4.69) is 16.9 Å². The van der Waals surface area contributed by atoms with Gasteiger partial charge in [0.25, 0.3) is 0 Å². The molecule has 0 aromatic carbocycles. The Labute approximate surface area is 71.5 Å². The van der Waals surface area contributed by atoms with Gasteiger partial charge in [-0.1, -0.05) is 5.57 Å². The van der Waals surface area contributed by atoms with E-state index >= 15 is 0 Å². The predicted octanol–water partition coefficient (Wildman–Crippen LogP) is 1.83. The van der Waals surface area contributed by atoms with Gasteiger partial charge in [-0.2, -0.15) is 0 Å². The largest absolute Gasteiger partial charge is 0.294 e. The number of aromatic nitrogens is 2. The molecule has 1 aromatic rings. The Morgan fingerprint density at radius 2 is 2.33 bits per heavy atom. The molecule has 0 amide bonds. The van der Waals surface area contributed by atoms with Gasteiger partial charge in [-0.25, -0.2) is 9.98 Å². The SMILES string of the molecule is CC1=CN=C(n2ccnc2)CC1. The molecule has 0 bridgehead atoms. The smallest absolute Gasteiger partial charge is 0.114 e. The Morgan fingerprint density at radius 1 is 1.42 bits per heavy atom. The highest BCUT2D eigenvalue weighted by atomic mass is 15.1. The average molecular weight is 161 g/mol. The lowest BCUT2D eigenvalue weighted by atomic mass is 10.1. The van der Waals surface area contributed by atoms with Gasteiger partial charge in [-0.15, -0.1) is 0 Å². The summed E-state index contributed by atoms with van der Waals surface area (Å²) in [5, 5.41) is 0. The summed E-state index contributed by atoms with van der Waals surface area (Å²) in [5.74, 6) is 1.08. The van der Waals surface area contributed by atoms with Crippen LogP contribution in [0.1, 0.15) is 19.8 Å². The third-order valence-corrected chi connectivity index (χ3v) is 1.98. The molecule has 12 heavy (non-hydrogen) atoms. The van der Waals surface area contributed by atoms with Gasteiger partial charge in [-0.05, 0) is 13.3 Å². The molecule has 1 aromatic heterocycles. The number of rotatable bonds is 0. The summed E-state index contributed by atoms with van der Waals surface area (Å²) in [6.07, 6.45) is 9.53. The summed E-state index contributed by atoms with van der Waals surface area (Å²) in [4.78, 5) is 8.31. The third kappa shape index (κ3) is 1.30. The molecule has 0 N–H and O–H groups in total. The van der Waals surface area contributed by atoms with Gasteiger partial charge >= 0.3 is 0 Å². The van der Waals surface area contributed by atoms with Crippen LogP contribution >= 0.6 is 0 Å². The summed E-state index contributed by atoms with van der Waals surface area (Å²) in [6, 6.07) is 0. The molecule has 3 nitrogen and oxygen atoms in total. The van der Waals surface area contributed by atoms with E-state index in [0.717, 1.165) is 18.7 Å². The fraction of sp³-hybridized carbons (Fsp3) is 0.333. The Bertz CT molecular complexity index is 320. The molecular weight excluding hydrogens is 150 g/mol. The second kappa shape index (κ2) is 2.93. The lowest BCUT2D eigenvalue weighted by Crippen LogP contribution is -2.11. The number of nitrogens with zero attached hydrogens (tertiary/aromatic N) is 3. The Balaban J connectivity index is 2.27. The zero-order chi connectivity index (χ0) is 8.39. The minimum absolute atomic E-state index is 1.01. The minimum atomic E-state index is 1.01. The number of hydrogen-bond donors (Lipinski definition) is 0. The van der Waals surface area contributed by atoms with Crippen molar-refractivity contribution in [2.75, 3.05) is 0 Å². The van der Waals surface area contributed by atoms with E-state index < -0.39 is 0 Å². The van der Waals surface area contributed by atoms with Gasteiger partial charge in [-0.3, -0.25) is 4.57 Å². The number of hydrogen-bond acceptors (Lipinski definition) is 2. The Hall–Kier alpha value is -1.38. The van der Waals surface area contributed by atoms with Crippen molar-refractivity contribution >= 4 is 5.84 Å². The van der Waals surface area contributed by atoms with E-state index in [1.165, 1.54) is 5.57 Å². The molecule has 2 rings (SSSR count). The fourth-order valence-corrected chi connectivity index (χ4v) is 1.23. The molecule has 0 atom stereocenters. The van der Waals surface area contributed by atoms with Gasteiger partial charge in [0.2, 0.25) is 0 Å². The maximum Gasteiger partial charge on any atom is 0.114 e. The number of allylic oxidation sites excluding steroid dienone is 1. The highest BCUT2D eigenvalue weighted by Crippen LogP contribution is 2.12. The molecule has 62 valence electrons. The normalized spacial score (nSPS) is 17.1. The maximum absolute atomic E-state index is 4.33. The zero-order valence-corrected chi connectivity index (χ0v) is 7.07. The molecule has 2 heterocycles. The topological polar surface area (TPSA) is 30.2 Å². The van der Waals surface area contributed by atoms with E-state index in [-0.39, 0.29) is 0 Å². The molecule has 0 saturated carbocycles. The molecule has 0 spiro atoms. The van der Waals surface area contributed by atoms with Crippen LogP contribution in [0.2, 0.25) is 0 Å². The minimum Gasteiger partial charge on any atom is -0.294 e. The van der Waals surface area contributed by atoms with E-state index in [1.807, 2.05) is 17.0 Å². The monoisotopic (exact) mass is 161 g/mol. The van der Waals surface area contributed by atoms with E-state index in [9.17, 15) is 0 Å². The van der Waals surface area contributed by atoms with Crippen molar-refractivity contribution in [1.29, 1.82) is 0 Å². The molecule has 3 heteroatoms. The molecular formula is C9H11N3. The molecule has 0 radical (unpaired) electrons. The molecule has 0 unspecified atom stereocenters. The van der Waals surface area contributed by atoms with Crippen LogP contribution in [0.15, 0.2) is 35.5 Å². The van der Waals surface area contributed by atoms with Crippen molar-refractivity contribution in [2.24, 2.45) is 4.99 Å². The first-order valence-electron chi connectivity index (χ1n) is 4.07. The molecule has 0 aliphatic carbocycles. The second-order valence-electron chi connectivity index (χ2n) is 2.99.